The highest BCUT2D eigenvalue weighted by Crippen LogP contribution is 2.18. The number of aryl methyl sites for hydroxylation is 1. The van der Waals surface area contributed by atoms with Crippen molar-refractivity contribution in [3.05, 3.63) is 65.9 Å². The van der Waals surface area contributed by atoms with E-state index in [1.54, 1.807) is 0 Å². The summed E-state index contributed by atoms with van der Waals surface area (Å²) in [6, 6.07) is 13.0. The second-order valence-corrected chi connectivity index (χ2v) is 6.98. The summed E-state index contributed by atoms with van der Waals surface area (Å²) in [6.07, 6.45) is 2.14. The number of halogens is 1. The zero-order chi connectivity index (χ0) is 21.7. The molecule has 0 bridgehead atoms. The van der Waals surface area contributed by atoms with E-state index >= 15 is 0 Å². The molecule has 2 N–H and O–H groups in total. The number of nitrogens with zero attached hydrogens (tertiary/aromatic N) is 4. The fraction of sp³-hybridized carbons (Fsp3) is 0.286. The van der Waals surface area contributed by atoms with Crippen molar-refractivity contribution in [2.24, 2.45) is 0 Å². The molecule has 1 aliphatic rings. The number of carboxylic acid groups (broad SMARTS) is 2. The molecule has 1 aromatic carbocycles. The summed E-state index contributed by atoms with van der Waals surface area (Å²) >= 11 is 0. The first-order valence-electron chi connectivity index (χ1n) is 9.46. The molecule has 1 fully saturated rings. The van der Waals surface area contributed by atoms with Crippen LogP contribution in [0, 0.1) is 12.7 Å². The number of anilines is 1. The van der Waals surface area contributed by atoms with E-state index in [1.807, 2.05) is 24.3 Å². The van der Waals surface area contributed by atoms with Crippen molar-refractivity contribution in [1.29, 1.82) is 0 Å². The van der Waals surface area contributed by atoms with Gasteiger partial charge in [-0.15, -0.1) is 0 Å². The molecule has 0 spiro atoms. The molecule has 2 aromatic heterocycles. The lowest BCUT2D eigenvalue weighted by molar-refractivity contribution is -0.159. The second-order valence-electron chi connectivity index (χ2n) is 6.98. The van der Waals surface area contributed by atoms with Crippen molar-refractivity contribution < 1.29 is 24.2 Å². The third-order valence-electron chi connectivity index (χ3n) is 4.88. The van der Waals surface area contributed by atoms with Crippen LogP contribution < -0.4 is 4.90 Å². The predicted octanol–water partition coefficient (Wildman–Crippen LogP) is 2.26. The molecule has 9 heteroatoms. The molecule has 0 saturated carbocycles. The molecule has 158 valence electrons. The molecule has 3 aromatic rings. The van der Waals surface area contributed by atoms with Crippen LogP contribution in [0.2, 0.25) is 0 Å². The molecular formula is C21H23FN4O4. The number of aliphatic carboxylic acids is 2. The van der Waals surface area contributed by atoms with Crippen LogP contribution in [0.15, 0.2) is 48.7 Å². The van der Waals surface area contributed by atoms with E-state index in [-0.39, 0.29) is 5.82 Å². The Bertz CT molecular complexity index is 1020. The van der Waals surface area contributed by atoms with Crippen LogP contribution in [0.5, 0.6) is 0 Å². The second kappa shape index (κ2) is 9.36. The van der Waals surface area contributed by atoms with E-state index in [2.05, 4.69) is 33.4 Å². The number of carbonyl (C=O) groups is 2. The molecule has 0 aliphatic carbocycles. The monoisotopic (exact) mass is 414 g/mol. The Labute approximate surface area is 172 Å². The lowest BCUT2D eigenvalue weighted by atomic mass is 10.2. The van der Waals surface area contributed by atoms with Crippen molar-refractivity contribution in [3.8, 4) is 0 Å². The van der Waals surface area contributed by atoms with Crippen LogP contribution >= 0.6 is 0 Å². The quantitative estimate of drug-likeness (QED) is 0.635. The average molecular weight is 414 g/mol. The van der Waals surface area contributed by atoms with E-state index in [0.717, 1.165) is 49.8 Å². The Balaban J connectivity index is 0.000000377. The molecule has 0 atom stereocenters. The van der Waals surface area contributed by atoms with Crippen LogP contribution in [-0.4, -0.2) is 62.6 Å². The number of pyridine rings is 1. The highest BCUT2D eigenvalue weighted by atomic mass is 19.1. The van der Waals surface area contributed by atoms with Gasteiger partial charge >= 0.3 is 11.9 Å². The topological polar surface area (TPSA) is 98.4 Å². The lowest BCUT2D eigenvalue weighted by Crippen LogP contribution is -2.46. The van der Waals surface area contributed by atoms with Gasteiger partial charge in [-0.25, -0.2) is 19.0 Å². The summed E-state index contributed by atoms with van der Waals surface area (Å²) in [6.45, 7) is 6.86. The molecule has 0 radical (unpaired) electrons. The minimum atomic E-state index is -1.82. The highest BCUT2D eigenvalue weighted by molar-refractivity contribution is 6.27. The number of aromatic nitrogens is 2. The van der Waals surface area contributed by atoms with Crippen molar-refractivity contribution in [3.63, 3.8) is 0 Å². The molecule has 4 rings (SSSR count). The number of hydrogen-bond acceptors (Lipinski definition) is 5. The van der Waals surface area contributed by atoms with Crippen LogP contribution in [0.4, 0.5) is 10.1 Å². The lowest BCUT2D eigenvalue weighted by Gasteiger charge is -2.35. The van der Waals surface area contributed by atoms with Crippen molar-refractivity contribution >= 4 is 23.3 Å². The maximum Gasteiger partial charge on any atom is 0.414 e. The molecule has 1 aliphatic heterocycles. The molecule has 8 nitrogen and oxygen atoms in total. The van der Waals surface area contributed by atoms with Crippen LogP contribution in [0.1, 0.15) is 11.4 Å². The number of benzene rings is 1. The number of hydrogen-bond donors (Lipinski definition) is 2. The average Bonchev–Trinajstić information content (AvgIpc) is 3.14. The van der Waals surface area contributed by atoms with Gasteiger partial charge in [-0.3, -0.25) is 4.90 Å². The van der Waals surface area contributed by atoms with Gasteiger partial charge in [0.25, 0.3) is 0 Å². The van der Waals surface area contributed by atoms with Gasteiger partial charge in [-0.05, 0) is 43.3 Å². The van der Waals surface area contributed by atoms with Crippen molar-refractivity contribution in [1.82, 2.24) is 14.3 Å². The third-order valence-corrected chi connectivity index (χ3v) is 4.88. The van der Waals surface area contributed by atoms with Gasteiger partial charge in [-0.2, -0.15) is 0 Å². The molecule has 3 heterocycles. The minimum absolute atomic E-state index is 0.181. The Kier molecular flexibility index (Phi) is 6.63. The van der Waals surface area contributed by atoms with Gasteiger partial charge < -0.3 is 19.5 Å². The molecular weight excluding hydrogens is 391 g/mol. The van der Waals surface area contributed by atoms with Gasteiger partial charge in [0.2, 0.25) is 0 Å². The molecule has 0 unspecified atom stereocenters. The Hall–Kier alpha value is -3.46. The zero-order valence-corrected chi connectivity index (χ0v) is 16.5. The number of carboxylic acids is 2. The van der Waals surface area contributed by atoms with E-state index in [4.69, 9.17) is 24.8 Å². The van der Waals surface area contributed by atoms with Crippen molar-refractivity contribution in [2.75, 3.05) is 31.1 Å². The van der Waals surface area contributed by atoms with E-state index in [9.17, 15) is 4.39 Å². The normalized spacial score (nSPS) is 14.3. The Morgan fingerprint density at radius 1 is 1.00 bits per heavy atom. The van der Waals surface area contributed by atoms with Crippen molar-refractivity contribution in [2.45, 2.75) is 13.5 Å². The third kappa shape index (κ3) is 5.32. The summed E-state index contributed by atoms with van der Waals surface area (Å²) in [5.74, 6) is -3.83. The summed E-state index contributed by atoms with van der Waals surface area (Å²) < 4.78 is 15.2. The number of rotatable bonds is 3. The fourth-order valence-electron chi connectivity index (χ4n) is 3.32. The predicted molar refractivity (Wildman–Crippen MR) is 109 cm³/mol. The maximum absolute atomic E-state index is 13.0. The van der Waals surface area contributed by atoms with E-state index in [1.165, 1.54) is 17.8 Å². The number of piperazine rings is 1. The molecule has 0 amide bonds. The smallest absolute Gasteiger partial charge is 0.414 e. The number of fused-ring (bicyclic) bond motifs is 1. The van der Waals surface area contributed by atoms with Gasteiger partial charge in [-0.1, -0.05) is 6.07 Å². The highest BCUT2D eigenvalue weighted by Gasteiger charge is 2.18. The van der Waals surface area contributed by atoms with Gasteiger partial charge in [0.1, 0.15) is 11.5 Å². The van der Waals surface area contributed by atoms with Gasteiger partial charge in [0, 0.05) is 50.3 Å². The summed E-state index contributed by atoms with van der Waals surface area (Å²) in [5.41, 5.74) is 4.42. The van der Waals surface area contributed by atoms with Crippen LogP contribution in [-0.2, 0) is 16.1 Å². The zero-order valence-electron chi connectivity index (χ0n) is 16.5. The van der Waals surface area contributed by atoms with Crippen LogP contribution in [0.3, 0.4) is 0 Å². The minimum Gasteiger partial charge on any atom is -0.473 e. The largest absolute Gasteiger partial charge is 0.473 e. The van der Waals surface area contributed by atoms with Gasteiger partial charge in [0.05, 0.1) is 5.69 Å². The standard InChI is InChI=1S/C19H21FN4.C2H2O4/c1-15-3-2-4-19-21-17(14-24(15)19)13-22-9-11-23(12-10-22)18-7-5-16(20)6-8-18;3-1(4)2(5)6/h2-8,14H,9-13H2,1H3;(H,3,4)(H,5,6). The first kappa shape index (κ1) is 21.3. The summed E-state index contributed by atoms with van der Waals surface area (Å²) in [5, 5.41) is 14.8. The fourth-order valence-corrected chi connectivity index (χ4v) is 3.32. The SMILES string of the molecule is Cc1cccc2nc(CN3CCN(c4ccc(F)cc4)CC3)cn12.O=C(O)C(=O)O. The van der Waals surface area contributed by atoms with Crippen LogP contribution in [0.25, 0.3) is 5.65 Å². The summed E-state index contributed by atoms with van der Waals surface area (Å²) in [7, 11) is 0. The first-order chi connectivity index (χ1) is 14.3. The molecule has 30 heavy (non-hydrogen) atoms. The maximum atomic E-state index is 13.0. The van der Waals surface area contributed by atoms with Gasteiger partial charge in [0.15, 0.2) is 0 Å². The summed E-state index contributed by atoms with van der Waals surface area (Å²) in [4.78, 5) is 27.7. The Morgan fingerprint density at radius 3 is 2.20 bits per heavy atom. The number of imidazole rings is 1. The Morgan fingerprint density at radius 2 is 1.63 bits per heavy atom. The first-order valence-corrected chi connectivity index (χ1v) is 9.46. The van der Waals surface area contributed by atoms with E-state index < -0.39 is 11.9 Å². The molecule has 1 saturated heterocycles. The van der Waals surface area contributed by atoms with E-state index in [0.29, 0.717) is 0 Å².